The smallest absolute Gasteiger partial charge is 0.309 e. The standard InChI is InChI=1S/C17H21N3O3/c1-20-14-7-4-3-6-13(14)19-15(20)8-5-9-18-16(21)11-10-12(11)17(22)23-2/h3-4,6-7,11-12H,5,8-10H2,1-2H3,(H,18,21). The van der Waals surface area contributed by atoms with Crippen molar-refractivity contribution >= 4 is 22.9 Å². The molecule has 2 aromatic rings. The first kappa shape index (κ1) is 15.5. The zero-order valence-electron chi connectivity index (χ0n) is 13.4. The van der Waals surface area contributed by atoms with Crippen LogP contribution < -0.4 is 5.32 Å². The van der Waals surface area contributed by atoms with E-state index in [1.807, 2.05) is 31.3 Å². The predicted octanol–water partition coefficient (Wildman–Crippen LogP) is 1.43. The number of nitrogens with zero attached hydrogens (tertiary/aromatic N) is 2. The van der Waals surface area contributed by atoms with Crippen molar-refractivity contribution in [3.05, 3.63) is 30.1 Å². The minimum absolute atomic E-state index is 0.0506. The second-order valence-electron chi connectivity index (χ2n) is 5.94. The van der Waals surface area contributed by atoms with Gasteiger partial charge in [-0.1, -0.05) is 12.1 Å². The molecule has 122 valence electrons. The molecule has 2 unspecified atom stereocenters. The molecule has 6 nitrogen and oxygen atoms in total. The van der Waals surface area contributed by atoms with E-state index < -0.39 is 0 Å². The van der Waals surface area contributed by atoms with Crippen LogP contribution in [-0.2, 0) is 27.8 Å². The molecular formula is C17H21N3O3. The number of nitrogens with one attached hydrogen (secondary N) is 1. The summed E-state index contributed by atoms with van der Waals surface area (Å²) in [7, 11) is 3.36. The third-order valence-corrected chi connectivity index (χ3v) is 4.39. The minimum atomic E-state index is -0.287. The molecule has 1 amide bonds. The summed E-state index contributed by atoms with van der Waals surface area (Å²) in [4.78, 5) is 27.8. The van der Waals surface area contributed by atoms with Gasteiger partial charge >= 0.3 is 5.97 Å². The summed E-state index contributed by atoms with van der Waals surface area (Å²) in [6, 6.07) is 8.03. The topological polar surface area (TPSA) is 73.2 Å². The van der Waals surface area contributed by atoms with Crippen LogP contribution in [0, 0.1) is 11.8 Å². The summed E-state index contributed by atoms with van der Waals surface area (Å²) in [5, 5.41) is 2.89. The van der Waals surface area contributed by atoms with E-state index in [1.165, 1.54) is 7.11 Å². The second-order valence-corrected chi connectivity index (χ2v) is 5.94. The number of aromatic nitrogens is 2. The summed E-state index contributed by atoms with van der Waals surface area (Å²) < 4.78 is 6.74. The summed E-state index contributed by atoms with van der Waals surface area (Å²) in [6.45, 7) is 0.590. The Kier molecular flexibility index (Phi) is 4.32. The van der Waals surface area contributed by atoms with Gasteiger partial charge in [0.15, 0.2) is 0 Å². The largest absolute Gasteiger partial charge is 0.469 e. The van der Waals surface area contributed by atoms with Gasteiger partial charge in [-0.3, -0.25) is 9.59 Å². The van der Waals surface area contributed by atoms with Gasteiger partial charge in [-0.25, -0.2) is 4.98 Å². The number of amides is 1. The Hall–Kier alpha value is -2.37. The van der Waals surface area contributed by atoms with Gasteiger partial charge in [0.1, 0.15) is 5.82 Å². The number of aryl methyl sites for hydroxylation is 2. The fourth-order valence-corrected chi connectivity index (χ4v) is 2.90. The highest BCUT2D eigenvalue weighted by atomic mass is 16.5. The first-order valence-corrected chi connectivity index (χ1v) is 7.87. The van der Waals surface area contributed by atoms with Crippen molar-refractivity contribution in [2.75, 3.05) is 13.7 Å². The highest BCUT2D eigenvalue weighted by Crippen LogP contribution is 2.39. The normalized spacial score (nSPS) is 19.6. The number of ether oxygens (including phenoxy) is 1. The van der Waals surface area contributed by atoms with Crippen LogP contribution in [0.3, 0.4) is 0 Å². The highest BCUT2D eigenvalue weighted by Gasteiger charge is 2.48. The molecule has 0 spiro atoms. The summed E-state index contributed by atoms with van der Waals surface area (Å²) in [5.74, 6) is 0.215. The molecule has 23 heavy (non-hydrogen) atoms. The Balaban J connectivity index is 1.46. The van der Waals surface area contributed by atoms with Crippen molar-refractivity contribution in [3.8, 4) is 0 Å². The molecule has 1 aliphatic rings. The quantitative estimate of drug-likeness (QED) is 0.646. The van der Waals surface area contributed by atoms with Gasteiger partial charge in [0.25, 0.3) is 0 Å². The van der Waals surface area contributed by atoms with E-state index in [4.69, 9.17) is 0 Å². The lowest BCUT2D eigenvalue weighted by Gasteiger charge is -2.05. The lowest BCUT2D eigenvalue weighted by Crippen LogP contribution is -2.27. The van der Waals surface area contributed by atoms with Crippen molar-refractivity contribution in [2.24, 2.45) is 18.9 Å². The molecule has 0 bridgehead atoms. The fourth-order valence-electron chi connectivity index (χ4n) is 2.90. The average molecular weight is 315 g/mol. The van der Waals surface area contributed by atoms with Crippen LogP contribution >= 0.6 is 0 Å². The monoisotopic (exact) mass is 315 g/mol. The van der Waals surface area contributed by atoms with Crippen molar-refractivity contribution in [1.82, 2.24) is 14.9 Å². The summed E-state index contributed by atoms with van der Waals surface area (Å²) >= 11 is 0. The van der Waals surface area contributed by atoms with Crippen LogP contribution in [0.5, 0.6) is 0 Å². The first-order chi connectivity index (χ1) is 11.1. The average Bonchev–Trinajstić information content (AvgIpc) is 3.31. The Morgan fingerprint density at radius 3 is 2.87 bits per heavy atom. The first-order valence-electron chi connectivity index (χ1n) is 7.87. The molecule has 1 fully saturated rings. The second kappa shape index (κ2) is 6.40. The van der Waals surface area contributed by atoms with Crippen molar-refractivity contribution in [2.45, 2.75) is 19.3 Å². The number of esters is 1. The van der Waals surface area contributed by atoms with Gasteiger partial charge in [-0.2, -0.15) is 0 Å². The van der Waals surface area contributed by atoms with E-state index in [0.29, 0.717) is 13.0 Å². The number of methoxy groups -OCH3 is 1. The lowest BCUT2D eigenvalue weighted by molar-refractivity contribution is -0.143. The highest BCUT2D eigenvalue weighted by molar-refractivity contribution is 5.90. The summed E-state index contributed by atoms with van der Waals surface area (Å²) in [6.07, 6.45) is 2.22. The number of carbonyl (C=O) groups is 2. The molecule has 1 aliphatic carbocycles. The Morgan fingerprint density at radius 2 is 2.13 bits per heavy atom. The van der Waals surface area contributed by atoms with E-state index in [2.05, 4.69) is 19.6 Å². The SMILES string of the molecule is COC(=O)C1CC1C(=O)NCCCc1nc2ccccc2n1C. The fraction of sp³-hybridized carbons (Fsp3) is 0.471. The number of benzene rings is 1. The van der Waals surface area contributed by atoms with Crippen molar-refractivity contribution < 1.29 is 14.3 Å². The maximum Gasteiger partial charge on any atom is 0.309 e. The number of hydrogen-bond acceptors (Lipinski definition) is 4. The van der Waals surface area contributed by atoms with Gasteiger partial charge in [-0.05, 0) is 25.0 Å². The number of carbonyl (C=O) groups excluding carboxylic acids is 2. The number of hydrogen-bond donors (Lipinski definition) is 1. The molecular weight excluding hydrogens is 294 g/mol. The molecule has 3 rings (SSSR count). The Labute approximate surface area is 134 Å². The molecule has 1 aromatic heterocycles. The molecule has 6 heteroatoms. The van der Waals surface area contributed by atoms with Crippen LogP contribution in [0.4, 0.5) is 0 Å². The molecule has 0 radical (unpaired) electrons. The third kappa shape index (κ3) is 3.21. The molecule has 1 heterocycles. The van der Waals surface area contributed by atoms with Crippen LogP contribution in [0.1, 0.15) is 18.7 Å². The summed E-state index contributed by atoms with van der Waals surface area (Å²) in [5.41, 5.74) is 2.11. The predicted molar refractivity (Wildman–Crippen MR) is 85.7 cm³/mol. The van der Waals surface area contributed by atoms with E-state index in [1.54, 1.807) is 0 Å². The Bertz CT molecular complexity index is 738. The maximum atomic E-state index is 11.9. The van der Waals surface area contributed by atoms with E-state index in [-0.39, 0.29) is 23.7 Å². The van der Waals surface area contributed by atoms with Crippen molar-refractivity contribution in [1.29, 1.82) is 0 Å². The number of para-hydroxylation sites is 2. The minimum Gasteiger partial charge on any atom is -0.469 e. The van der Waals surface area contributed by atoms with Gasteiger partial charge in [0.2, 0.25) is 5.91 Å². The van der Waals surface area contributed by atoms with Gasteiger partial charge in [-0.15, -0.1) is 0 Å². The molecule has 1 N–H and O–H groups in total. The molecule has 0 saturated heterocycles. The van der Waals surface area contributed by atoms with E-state index >= 15 is 0 Å². The molecule has 0 aliphatic heterocycles. The molecule has 2 atom stereocenters. The van der Waals surface area contributed by atoms with Gasteiger partial charge in [0, 0.05) is 20.0 Å². The number of fused-ring (bicyclic) bond motifs is 1. The van der Waals surface area contributed by atoms with Crippen LogP contribution in [-0.4, -0.2) is 35.1 Å². The van der Waals surface area contributed by atoms with Crippen LogP contribution in [0.15, 0.2) is 24.3 Å². The van der Waals surface area contributed by atoms with Crippen molar-refractivity contribution in [3.63, 3.8) is 0 Å². The van der Waals surface area contributed by atoms with Gasteiger partial charge in [0.05, 0.1) is 30.0 Å². The number of imidazole rings is 1. The zero-order valence-corrected chi connectivity index (χ0v) is 13.4. The molecule has 1 saturated carbocycles. The third-order valence-electron chi connectivity index (χ3n) is 4.39. The van der Waals surface area contributed by atoms with E-state index in [9.17, 15) is 9.59 Å². The maximum absolute atomic E-state index is 11.9. The van der Waals surface area contributed by atoms with Crippen LogP contribution in [0.25, 0.3) is 11.0 Å². The zero-order chi connectivity index (χ0) is 16.4. The molecule has 1 aromatic carbocycles. The lowest BCUT2D eigenvalue weighted by atomic mass is 10.2. The van der Waals surface area contributed by atoms with Gasteiger partial charge < -0.3 is 14.6 Å². The van der Waals surface area contributed by atoms with E-state index in [0.717, 1.165) is 29.7 Å². The Morgan fingerprint density at radius 1 is 1.35 bits per heavy atom. The number of rotatable bonds is 6. The van der Waals surface area contributed by atoms with Crippen LogP contribution in [0.2, 0.25) is 0 Å².